The van der Waals surface area contributed by atoms with Gasteiger partial charge in [-0.3, -0.25) is 14.9 Å². The first-order valence-electron chi connectivity index (χ1n) is 4.79. The molecule has 0 bridgehead atoms. The van der Waals surface area contributed by atoms with Crippen molar-refractivity contribution in [3.8, 4) is 0 Å². The second-order valence-corrected chi connectivity index (χ2v) is 5.33. The largest absolute Gasteiger partial charge is 0.465 e. The zero-order valence-corrected chi connectivity index (χ0v) is 10.2. The molecule has 1 aromatic rings. The minimum Gasteiger partial charge on any atom is -0.465 e. The van der Waals surface area contributed by atoms with Crippen molar-refractivity contribution in [2.24, 2.45) is 0 Å². The summed E-state index contributed by atoms with van der Waals surface area (Å²) in [7, 11) is -3.71. The lowest BCUT2D eigenvalue weighted by molar-refractivity contribution is -0.385. The molecule has 1 rings (SSSR count). The van der Waals surface area contributed by atoms with Crippen LogP contribution in [0, 0.1) is 10.1 Å². The number of hydrogen-bond acceptors (Lipinski definition) is 7. The fraction of sp³-hybridized carbons (Fsp3) is 0.333. The molecular formula is C9H10N2O6S. The van der Waals surface area contributed by atoms with Crippen molar-refractivity contribution in [1.82, 2.24) is 4.98 Å². The highest BCUT2D eigenvalue weighted by molar-refractivity contribution is 7.91. The Labute approximate surface area is 103 Å². The van der Waals surface area contributed by atoms with Crippen LogP contribution in [-0.4, -0.2) is 36.7 Å². The molecular weight excluding hydrogens is 264 g/mol. The van der Waals surface area contributed by atoms with Gasteiger partial charge in [-0.25, -0.2) is 13.4 Å². The summed E-state index contributed by atoms with van der Waals surface area (Å²) in [5.74, 6) is -1.00. The van der Waals surface area contributed by atoms with E-state index in [4.69, 9.17) is 0 Å². The van der Waals surface area contributed by atoms with Gasteiger partial charge < -0.3 is 4.74 Å². The van der Waals surface area contributed by atoms with Crippen LogP contribution in [0.5, 0.6) is 0 Å². The average Bonchev–Trinajstić information content (AvgIpc) is 2.28. The van der Waals surface area contributed by atoms with E-state index in [0.29, 0.717) is 0 Å². The van der Waals surface area contributed by atoms with Gasteiger partial charge >= 0.3 is 5.97 Å². The lowest BCUT2D eigenvalue weighted by Gasteiger charge is -2.03. The van der Waals surface area contributed by atoms with Crippen LogP contribution >= 0.6 is 0 Å². The number of sulfone groups is 1. The van der Waals surface area contributed by atoms with Crippen LogP contribution < -0.4 is 0 Å². The number of esters is 1. The summed E-state index contributed by atoms with van der Waals surface area (Å²) in [6, 6.07) is 2.09. The number of hydrogen-bond donors (Lipinski definition) is 0. The summed E-state index contributed by atoms with van der Waals surface area (Å²) >= 11 is 0. The molecule has 0 saturated heterocycles. The van der Waals surface area contributed by atoms with E-state index in [2.05, 4.69) is 9.72 Å². The Hall–Kier alpha value is -2.03. The summed E-state index contributed by atoms with van der Waals surface area (Å²) in [5.41, 5.74) is -0.297. The van der Waals surface area contributed by atoms with Gasteiger partial charge in [0.25, 0.3) is 5.69 Å². The van der Waals surface area contributed by atoms with E-state index in [0.717, 1.165) is 25.3 Å². The van der Waals surface area contributed by atoms with Gasteiger partial charge in [0.15, 0.2) is 14.9 Å². The highest BCUT2D eigenvalue weighted by Crippen LogP contribution is 2.13. The van der Waals surface area contributed by atoms with Crippen molar-refractivity contribution < 1.29 is 22.9 Å². The fourth-order valence-electron chi connectivity index (χ4n) is 1.06. The normalized spacial score (nSPS) is 10.9. The topological polar surface area (TPSA) is 116 Å². The van der Waals surface area contributed by atoms with Crippen molar-refractivity contribution in [3.05, 3.63) is 28.4 Å². The molecule has 98 valence electrons. The molecule has 0 radical (unpaired) electrons. The smallest absolute Gasteiger partial charge is 0.302 e. The van der Waals surface area contributed by atoms with Crippen molar-refractivity contribution in [1.29, 1.82) is 0 Å². The number of ether oxygens (including phenoxy) is 1. The minimum atomic E-state index is -3.71. The van der Waals surface area contributed by atoms with Crippen LogP contribution in [0.25, 0.3) is 0 Å². The van der Waals surface area contributed by atoms with Crippen molar-refractivity contribution in [3.63, 3.8) is 0 Å². The second-order valence-electron chi connectivity index (χ2n) is 3.27. The van der Waals surface area contributed by atoms with E-state index in [1.807, 2.05) is 0 Å². The number of carbonyl (C=O) groups is 1. The lowest BCUT2D eigenvalue weighted by Crippen LogP contribution is -2.15. The van der Waals surface area contributed by atoms with Gasteiger partial charge in [-0.2, -0.15) is 0 Å². The molecule has 0 unspecified atom stereocenters. The van der Waals surface area contributed by atoms with Gasteiger partial charge in [0.1, 0.15) is 12.8 Å². The highest BCUT2D eigenvalue weighted by atomic mass is 32.2. The van der Waals surface area contributed by atoms with Gasteiger partial charge in [-0.1, -0.05) is 0 Å². The summed E-state index contributed by atoms with van der Waals surface area (Å²) < 4.78 is 27.8. The van der Waals surface area contributed by atoms with Crippen LogP contribution in [0.3, 0.4) is 0 Å². The van der Waals surface area contributed by atoms with Gasteiger partial charge in [0.2, 0.25) is 0 Å². The first kappa shape index (κ1) is 14.0. The Kier molecular flexibility index (Phi) is 4.32. The quantitative estimate of drug-likeness (QED) is 0.431. The van der Waals surface area contributed by atoms with E-state index in [9.17, 15) is 23.3 Å². The number of nitrogens with zero attached hydrogens (tertiary/aromatic N) is 2. The number of nitro groups is 1. The first-order valence-corrected chi connectivity index (χ1v) is 6.45. The molecule has 0 saturated carbocycles. The molecule has 0 N–H and O–H groups in total. The van der Waals surface area contributed by atoms with Crippen LogP contribution in [0.2, 0.25) is 0 Å². The summed E-state index contributed by atoms with van der Waals surface area (Å²) in [6.07, 6.45) is 0.860. The van der Waals surface area contributed by atoms with Gasteiger partial charge in [0.05, 0.1) is 10.7 Å². The fourth-order valence-corrected chi connectivity index (χ4v) is 2.06. The van der Waals surface area contributed by atoms with E-state index >= 15 is 0 Å². The molecule has 0 aliphatic carbocycles. The number of rotatable bonds is 5. The molecule has 9 heteroatoms. The van der Waals surface area contributed by atoms with Gasteiger partial charge in [0, 0.05) is 13.0 Å². The van der Waals surface area contributed by atoms with Crippen molar-refractivity contribution in [2.45, 2.75) is 11.9 Å². The Morgan fingerprint density at radius 2 is 2.17 bits per heavy atom. The van der Waals surface area contributed by atoms with Crippen LogP contribution in [0.15, 0.2) is 23.4 Å². The molecule has 0 spiro atoms. The Bertz CT molecular complexity index is 551. The maximum Gasteiger partial charge on any atom is 0.302 e. The second kappa shape index (κ2) is 5.54. The molecule has 1 aromatic heterocycles. The third-order valence-electron chi connectivity index (χ3n) is 1.91. The van der Waals surface area contributed by atoms with E-state index in [1.54, 1.807) is 0 Å². The van der Waals surface area contributed by atoms with Crippen molar-refractivity contribution in [2.75, 3.05) is 12.4 Å². The molecule has 8 nitrogen and oxygen atoms in total. The average molecular weight is 274 g/mol. The standard InChI is InChI=1S/C9H10N2O6S/c1-7(12)17-4-5-18(15,16)9-3-2-8(6-10-9)11(13)14/h2-3,6H,4-5H2,1H3. The van der Waals surface area contributed by atoms with Crippen LogP contribution in [0.4, 0.5) is 5.69 Å². The molecule has 0 amide bonds. The van der Waals surface area contributed by atoms with Crippen LogP contribution in [0.1, 0.15) is 6.92 Å². The number of carbonyl (C=O) groups excluding carboxylic acids is 1. The Morgan fingerprint density at radius 3 is 2.61 bits per heavy atom. The highest BCUT2D eigenvalue weighted by Gasteiger charge is 2.18. The van der Waals surface area contributed by atoms with E-state index in [1.165, 1.54) is 0 Å². The predicted molar refractivity (Wildman–Crippen MR) is 59.6 cm³/mol. The lowest BCUT2D eigenvalue weighted by atomic mass is 10.4. The predicted octanol–water partition coefficient (Wildman–Crippen LogP) is 0.327. The Morgan fingerprint density at radius 1 is 1.50 bits per heavy atom. The third-order valence-corrected chi connectivity index (χ3v) is 3.49. The molecule has 0 aliphatic heterocycles. The zero-order chi connectivity index (χ0) is 13.8. The summed E-state index contributed by atoms with van der Waals surface area (Å²) in [5, 5.41) is 10.1. The molecule has 0 atom stereocenters. The maximum absolute atomic E-state index is 11.7. The molecule has 0 aliphatic rings. The van der Waals surface area contributed by atoms with Crippen LogP contribution in [-0.2, 0) is 19.4 Å². The summed E-state index contributed by atoms with van der Waals surface area (Å²) in [6.45, 7) is 0.882. The molecule has 0 aromatic carbocycles. The number of aromatic nitrogens is 1. The zero-order valence-electron chi connectivity index (χ0n) is 9.40. The third kappa shape index (κ3) is 3.77. The van der Waals surface area contributed by atoms with E-state index < -0.39 is 26.5 Å². The number of pyridine rings is 1. The molecule has 1 heterocycles. The SMILES string of the molecule is CC(=O)OCCS(=O)(=O)c1ccc([N+](=O)[O-])cn1. The van der Waals surface area contributed by atoms with Crippen molar-refractivity contribution >= 4 is 21.5 Å². The first-order chi connectivity index (χ1) is 8.33. The van der Waals surface area contributed by atoms with Gasteiger partial charge in [-0.05, 0) is 6.07 Å². The van der Waals surface area contributed by atoms with Gasteiger partial charge in [-0.15, -0.1) is 0 Å². The molecule has 0 fully saturated rings. The summed E-state index contributed by atoms with van der Waals surface area (Å²) in [4.78, 5) is 23.7. The maximum atomic E-state index is 11.7. The monoisotopic (exact) mass is 274 g/mol. The molecule has 18 heavy (non-hydrogen) atoms. The van der Waals surface area contributed by atoms with E-state index in [-0.39, 0.29) is 17.3 Å². The minimum absolute atomic E-state index is 0.281. The Balaban J connectivity index is 2.79.